The number of anilines is 1. The molecule has 1 amide bonds. The van der Waals surface area contributed by atoms with Crippen LogP contribution in [0.5, 0.6) is 0 Å². The van der Waals surface area contributed by atoms with Crippen LogP contribution in [-0.4, -0.2) is 5.91 Å². The summed E-state index contributed by atoms with van der Waals surface area (Å²) >= 11 is 2.07. The third kappa shape index (κ3) is 3.66. The number of hydrogen-bond acceptors (Lipinski definition) is 2. The third-order valence-corrected chi connectivity index (χ3v) is 3.52. The summed E-state index contributed by atoms with van der Waals surface area (Å²) in [4.78, 5) is 11.1. The molecule has 2 aromatic carbocycles. The molecule has 0 heterocycles. The maximum absolute atomic E-state index is 13.0. The summed E-state index contributed by atoms with van der Waals surface area (Å²) in [5.41, 5.74) is 7.50. The van der Waals surface area contributed by atoms with Crippen LogP contribution in [0.25, 0.3) is 0 Å². The van der Waals surface area contributed by atoms with E-state index in [0.29, 0.717) is 12.1 Å². The topological polar surface area (TPSA) is 55.1 Å². The fraction of sp³-hybridized carbons (Fsp3) is 0.0714. The Hall–Kier alpha value is -1.63. The largest absolute Gasteiger partial charge is 0.380 e. The predicted molar refractivity (Wildman–Crippen MR) is 81.4 cm³/mol. The van der Waals surface area contributed by atoms with Crippen LogP contribution in [0, 0.1) is 9.39 Å². The van der Waals surface area contributed by atoms with E-state index in [-0.39, 0.29) is 5.82 Å². The van der Waals surface area contributed by atoms with E-state index in [4.69, 9.17) is 5.73 Å². The zero-order valence-corrected chi connectivity index (χ0v) is 12.1. The minimum Gasteiger partial charge on any atom is -0.380 e. The van der Waals surface area contributed by atoms with Crippen molar-refractivity contribution in [2.45, 2.75) is 6.54 Å². The van der Waals surface area contributed by atoms with Crippen LogP contribution in [-0.2, 0) is 6.54 Å². The van der Waals surface area contributed by atoms with Gasteiger partial charge in [0.1, 0.15) is 5.82 Å². The Morgan fingerprint density at radius 3 is 2.74 bits per heavy atom. The number of nitrogens with one attached hydrogen (secondary N) is 1. The summed E-state index contributed by atoms with van der Waals surface area (Å²) in [6, 6.07) is 11.7. The first kappa shape index (κ1) is 13.8. The highest BCUT2D eigenvalue weighted by Gasteiger charge is 2.03. The van der Waals surface area contributed by atoms with Crippen LogP contribution in [0.4, 0.5) is 10.1 Å². The van der Waals surface area contributed by atoms with E-state index in [0.717, 1.165) is 14.8 Å². The molecule has 98 valence electrons. The molecule has 0 radical (unpaired) electrons. The van der Waals surface area contributed by atoms with Gasteiger partial charge in [0.25, 0.3) is 0 Å². The van der Waals surface area contributed by atoms with E-state index in [1.165, 1.54) is 12.1 Å². The molecule has 0 bridgehead atoms. The van der Waals surface area contributed by atoms with E-state index >= 15 is 0 Å². The lowest BCUT2D eigenvalue weighted by molar-refractivity contribution is 0.1000. The van der Waals surface area contributed by atoms with Crippen LogP contribution in [0.3, 0.4) is 0 Å². The van der Waals surface area contributed by atoms with Gasteiger partial charge < -0.3 is 11.1 Å². The number of amides is 1. The average molecular weight is 370 g/mol. The quantitative estimate of drug-likeness (QED) is 0.813. The fourth-order valence-electron chi connectivity index (χ4n) is 1.66. The molecule has 0 aliphatic carbocycles. The summed E-state index contributed by atoms with van der Waals surface area (Å²) in [7, 11) is 0. The molecule has 0 fully saturated rings. The number of benzene rings is 2. The molecule has 3 N–H and O–H groups in total. The molecule has 0 spiro atoms. The molecule has 5 heteroatoms. The molecule has 0 aliphatic heterocycles. The Morgan fingerprint density at radius 1 is 1.26 bits per heavy atom. The minimum absolute atomic E-state index is 0.259. The number of nitrogens with two attached hydrogens (primary N) is 1. The number of rotatable bonds is 4. The normalized spacial score (nSPS) is 10.2. The van der Waals surface area contributed by atoms with Crippen molar-refractivity contribution in [3.05, 3.63) is 63.0 Å². The van der Waals surface area contributed by atoms with Gasteiger partial charge in [-0.15, -0.1) is 0 Å². The van der Waals surface area contributed by atoms with Gasteiger partial charge >= 0.3 is 0 Å². The van der Waals surface area contributed by atoms with Crippen molar-refractivity contribution in [3.63, 3.8) is 0 Å². The summed E-state index contributed by atoms with van der Waals surface area (Å²) < 4.78 is 13.8. The van der Waals surface area contributed by atoms with Gasteiger partial charge in [-0.25, -0.2) is 4.39 Å². The molecule has 3 nitrogen and oxygen atoms in total. The molecular formula is C14H12FIN2O. The van der Waals surface area contributed by atoms with Gasteiger partial charge in [0.15, 0.2) is 0 Å². The second-order valence-electron chi connectivity index (χ2n) is 4.04. The molecule has 0 aromatic heterocycles. The number of carbonyl (C=O) groups is 1. The number of carbonyl (C=O) groups excluding carboxylic acids is 1. The molecular weight excluding hydrogens is 358 g/mol. The first-order chi connectivity index (χ1) is 9.06. The highest BCUT2D eigenvalue weighted by molar-refractivity contribution is 14.1. The SMILES string of the molecule is NC(=O)c1cccc(CNc2ccc(F)cc2I)c1. The maximum atomic E-state index is 13.0. The summed E-state index contributed by atoms with van der Waals surface area (Å²) in [6.07, 6.45) is 0. The van der Waals surface area contributed by atoms with Crippen LogP contribution >= 0.6 is 22.6 Å². The Labute approximate surface area is 124 Å². The van der Waals surface area contributed by atoms with E-state index in [2.05, 4.69) is 27.9 Å². The second kappa shape index (κ2) is 6.01. The smallest absolute Gasteiger partial charge is 0.248 e. The van der Waals surface area contributed by atoms with Gasteiger partial charge in [-0.2, -0.15) is 0 Å². The van der Waals surface area contributed by atoms with E-state index in [1.54, 1.807) is 24.3 Å². The summed E-state index contributed by atoms with van der Waals surface area (Å²) in [6.45, 7) is 0.544. The molecule has 19 heavy (non-hydrogen) atoms. The fourth-order valence-corrected chi connectivity index (χ4v) is 2.33. The van der Waals surface area contributed by atoms with Crippen LogP contribution in [0.2, 0.25) is 0 Å². The first-order valence-electron chi connectivity index (χ1n) is 5.64. The Morgan fingerprint density at radius 2 is 2.05 bits per heavy atom. The number of halogens is 2. The second-order valence-corrected chi connectivity index (χ2v) is 5.20. The molecule has 0 saturated carbocycles. The lowest BCUT2D eigenvalue weighted by Gasteiger charge is -2.09. The molecule has 2 rings (SSSR count). The van der Waals surface area contributed by atoms with E-state index < -0.39 is 5.91 Å². The molecule has 0 atom stereocenters. The average Bonchev–Trinajstić information content (AvgIpc) is 2.38. The molecule has 2 aromatic rings. The van der Waals surface area contributed by atoms with Crippen molar-refractivity contribution in [1.82, 2.24) is 0 Å². The Bertz CT molecular complexity index is 616. The van der Waals surface area contributed by atoms with E-state index in [9.17, 15) is 9.18 Å². The van der Waals surface area contributed by atoms with Crippen molar-refractivity contribution in [2.75, 3.05) is 5.32 Å². The summed E-state index contributed by atoms with van der Waals surface area (Å²) in [5.74, 6) is -0.705. The van der Waals surface area contributed by atoms with Gasteiger partial charge in [0.05, 0.1) is 0 Å². The van der Waals surface area contributed by atoms with Crippen molar-refractivity contribution < 1.29 is 9.18 Å². The predicted octanol–water partition coefficient (Wildman–Crippen LogP) is 3.14. The highest BCUT2D eigenvalue weighted by atomic mass is 127. The van der Waals surface area contributed by atoms with E-state index in [1.807, 2.05) is 6.07 Å². The molecule has 0 unspecified atom stereocenters. The van der Waals surface area contributed by atoms with Crippen LogP contribution in [0.15, 0.2) is 42.5 Å². The highest BCUT2D eigenvalue weighted by Crippen LogP contribution is 2.19. The first-order valence-corrected chi connectivity index (χ1v) is 6.72. The van der Waals surface area contributed by atoms with Gasteiger partial charge in [-0.05, 0) is 58.5 Å². The zero-order valence-electron chi connectivity index (χ0n) is 9.99. The Kier molecular flexibility index (Phi) is 4.36. The molecule has 0 aliphatic rings. The number of primary amides is 1. The minimum atomic E-state index is -0.446. The van der Waals surface area contributed by atoms with Gasteiger partial charge in [0.2, 0.25) is 5.91 Å². The van der Waals surface area contributed by atoms with Crippen molar-refractivity contribution in [1.29, 1.82) is 0 Å². The van der Waals surface area contributed by atoms with Crippen LogP contribution in [0.1, 0.15) is 15.9 Å². The lowest BCUT2D eigenvalue weighted by Crippen LogP contribution is -2.11. The third-order valence-electron chi connectivity index (χ3n) is 2.63. The summed E-state index contributed by atoms with van der Waals surface area (Å²) in [5, 5.41) is 3.20. The standard InChI is InChI=1S/C14H12FIN2O/c15-11-4-5-13(12(16)7-11)18-8-9-2-1-3-10(6-9)14(17)19/h1-7,18H,8H2,(H2,17,19). The monoisotopic (exact) mass is 370 g/mol. The van der Waals surface area contributed by atoms with Crippen molar-refractivity contribution in [3.8, 4) is 0 Å². The van der Waals surface area contributed by atoms with Crippen LogP contribution < -0.4 is 11.1 Å². The van der Waals surface area contributed by atoms with Gasteiger partial charge in [-0.3, -0.25) is 4.79 Å². The van der Waals surface area contributed by atoms with Crippen molar-refractivity contribution in [2.24, 2.45) is 5.73 Å². The van der Waals surface area contributed by atoms with Gasteiger partial charge in [-0.1, -0.05) is 12.1 Å². The molecule has 0 saturated heterocycles. The Balaban J connectivity index is 2.10. The maximum Gasteiger partial charge on any atom is 0.248 e. The van der Waals surface area contributed by atoms with Crippen molar-refractivity contribution >= 4 is 34.2 Å². The van der Waals surface area contributed by atoms with Gasteiger partial charge in [0, 0.05) is 21.4 Å². The zero-order chi connectivity index (χ0) is 13.8. The lowest BCUT2D eigenvalue weighted by atomic mass is 10.1. The number of hydrogen-bond donors (Lipinski definition) is 2.